The molecule has 6 heteroatoms. The number of ether oxygens (including phenoxy) is 1. The quantitative estimate of drug-likeness (QED) is 0.456. The molecule has 4 nitrogen and oxygen atoms in total. The number of thiophene rings is 1. The van der Waals surface area contributed by atoms with Crippen molar-refractivity contribution in [3.63, 3.8) is 0 Å². The van der Waals surface area contributed by atoms with Crippen molar-refractivity contribution in [3.8, 4) is 11.1 Å². The predicted octanol–water partition coefficient (Wildman–Crippen LogP) is 5.24. The number of thioether (sulfide) groups is 1. The van der Waals surface area contributed by atoms with Gasteiger partial charge in [-0.2, -0.15) is 0 Å². The maximum atomic E-state index is 12.5. The second-order valence-corrected chi connectivity index (χ2v) is 7.62. The molecule has 0 saturated heterocycles. The summed E-state index contributed by atoms with van der Waals surface area (Å²) in [7, 11) is 0. The Morgan fingerprint density at radius 1 is 1.07 bits per heavy atom. The van der Waals surface area contributed by atoms with Crippen molar-refractivity contribution in [3.05, 3.63) is 70.4 Å². The standard InChI is InChI=1S/C21H19NO3S2/c1-14-7-9-15(10-8-14)16-11-12-27-20(16)21(24)25-13-19(23)22-17-5-3-4-6-18(17)26-2/h3-12H,13H2,1-2H3,(H,22,23). The van der Waals surface area contributed by atoms with E-state index in [2.05, 4.69) is 5.32 Å². The van der Waals surface area contributed by atoms with Gasteiger partial charge in [0.05, 0.1) is 5.69 Å². The molecule has 0 aliphatic heterocycles. The first-order chi connectivity index (χ1) is 13.1. The Morgan fingerprint density at radius 2 is 1.81 bits per heavy atom. The number of hydrogen-bond acceptors (Lipinski definition) is 5. The van der Waals surface area contributed by atoms with Crippen molar-refractivity contribution in [2.45, 2.75) is 11.8 Å². The number of aryl methyl sites for hydroxylation is 1. The van der Waals surface area contributed by atoms with Gasteiger partial charge in [0.2, 0.25) is 0 Å². The minimum Gasteiger partial charge on any atom is -0.451 e. The highest BCUT2D eigenvalue weighted by Crippen LogP contribution is 2.29. The largest absolute Gasteiger partial charge is 0.451 e. The van der Waals surface area contributed by atoms with Gasteiger partial charge in [-0.15, -0.1) is 23.1 Å². The lowest BCUT2D eigenvalue weighted by atomic mass is 10.1. The topological polar surface area (TPSA) is 55.4 Å². The van der Waals surface area contributed by atoms with E-state index in [-0.39, 0.29) is 12.5 Å². The van der Waals surface area contributed by atoms with Crippen LogP contribution in [0.4, 0.5) is 5.69 Å². The Morgan fingerprint density at radius 3 is 2.56 bits per heavy atom. The van der Waals surface area contributed by atoms with Crippen molar-refractivity contribution >= 4 is 40.7 Å². The zero-order valence-corrected chi connectivity index (χ0v) is 16.7. The number of rotatable bonds is 6. The molecule has 1 amide bonds. The summed E-state index contributed by atoms with van der Waals surface area (Å²) in [6, 6.07) is 17.3. The van der Waals surface area contributed by atoms with Crippen LogP contribution >= 0.6 is 23.1 Å². The second kappa shape index (κ2) is 8.88. The Kier molecular flexibility index (Phi) is 6.32. The van der Waals surface area contributed by atoms with Crippen molar-refractivity contribution in [1.82, 2.24) is 0 Å². The molecule has 27 heavy (non-hydrogen) atoms. The lowest BCUT2D eigenvalue weighted by molar-refractivity contribution is -0.119. The van der Waals surface area contributed by atoms with E-state index in [1.807, 2.05) is 73.2 Å². The molecule has 0 saturated carbocycles. The molecule has 0 aliphatic carbocycles. The number of benzene rings is 2. The van der Waals surface area contributed by atoms with E-state index in [4.69, 9.17) is 4.74 Å². The number of amides is 1. The first-order valence-electron chi connectivity index (χ1n) is 8.33. The van der Waals surface area contributed by atoms with E-state index in [1.165, 1.54) is 23.1 Å². The average molecular weight is 398 g/mol. The number of carbonyl (C=O) groups is 2. The zero-order valence-electron chi connectivity index (χ0n) is 15.0. The maximum Gasteiger partial charge on any atom is 0.349 e. The van der Waals surface area contributed by atoms with Gasteiger partial charge in [-0.05, 0) is 42.3 Å². The Hall–Kier alpha value is -2.57. The van der Waals surface area contributed by atoms with Crippen molar-refractivity contribution in [2.75, 3.05) is 18.2 Å². The zero-order chi connectivity index (χ0) is 19.2. The van der Waals surface area contributed by atoms with Gasteiger partial charge >= 0.3 is 5.97 Å². The minimum absolute atomic E-state index is 0.327. The fourth-order valence-corrected chi connectivity index (χ4v) is 3.92. The van der Waals surface area contributed by atoms with Crippen LogP contribution in [0.15, 0.2) is 64.9 Å². The van der Waals surface area contributed by atoms with Gasteiger partial charge in [-0.1, -0.05) is 42.0 Å². The lowest BCUT2D eigenvalue weighted by Gasteiger charge is -2.10. The molecule has 0 spiro atoms. The normalized spacial score (nSPS) is 10.4. The third-order valence-electron chi connectivity index (χ3n) is 3.93. The molecule has 0 unspecified atom stereocenters. The molecule has 3 rings (SSSR count). The SMILES string of the molecule is CSc1ccccc1NC(=O)COC(=O)c1sccc1-c1ccc(C)cc1. The van der Waals surface area contributed by atoms with Crippen LogP contribution in [0.1, 0.15) is 15.2 Å². The second-order valence-electron chi connectivity index (χ2n) is 5.85. The van der Waals surface area contributed by atoms with E-state index in [1.54, 1.807) is 0 Å². The van der Waals surface area contributed by atoms with Crippen LogP contribution in [0.3, 0.4) is 0 Å². The van der Waals surface area contributed by atoms with Crippen LogP contribution in [-0.4, -0.2) is 24.7 Å². The fourth-order valence-electron chi connectivity index (χ4n) is 2.56. The fraction of sp³-hybridized carbons (Fsp3) is 0.143. The first-order valence-corrected chi connectivity index (χ1v) is 10.4. The van der Waals surface area contributed by atoms with Gasteiger partial charge in [0, 0.05) is 10.5 Å². The summed E-state index contributed by atoms with van der Waals surface area (Å²) < 4.78 is 5.23. The highest BCUT2D eigenvalue weighted by molar-refractivity contribution is 7.98. The lowest BCUT2D eigenvalue weighted by Crippen LogP contribution is -2.21. The summed E-state index contributed by atoms with van der Waals surface area (Å²) in [5, 5.41) is 4.63. The molecule has 138 valence electrons. The number of esters is 1. The molecule has 1 aromatic heterocycles. The summed E-state index contributed by atoms with van der Waals surface area (Å²) in [4.78, 5) is 26.1. The van der Waals surface area contributed by atoms with Gasteiger partial charge in [-0.25, -0.2) is 4.79 Å². The third kappa shape index (κ3) is 4.78. The monoisotopic (exact) mass is 397 g/mol. The summed E-state index contributed by atoms with van der Waals surface area (Å²) in [5.74, 6) is -0.854. The molecule has 0 radical (unpaired) electrons. The molecule has 0 atom stereocenters. The Bertz CT molecular complexity index is 948. The van der Waals surface area contributed by atoms with Gasteiger partial charge in [0.1, 0.15) is 4.88 Å². The van der Waals surface area contributed by atoms with Crippen LogP contribution in [0.25, 0.3) is 11.1 Å². The summed E-state index contributed by atoms with van der Waals surface area (Å²) in [6.07, 6.45) is 1.94. The number of anilines is 1. The molecular weight excluding hydrogens is 378 g/mol. The van der Waals surface area contributed by atoms with Crippen molar-refractivity contribution in [1.29, 1.82) is 0 Å². The predicted molar refractivity (Wildman–Crippen MR) is 112 cm³/mol. The summed E-state index contributed by atoms with van der Waals surface area (Å²) in [6.45, 7) is 1.69. The molecule has 2 aromatic carbocycles. The summed E-state index contributed by atoms with van der Waals surface area (Å²) >= 11 is 2.85. The van der Waals surface area contributed by atoms with E-state index in [9.17, 15) is 9.59 Å². The molecule has 0 fully saturated rings. The van der Waals surface area contributed by atoms with Crippen molar-refractivity contribution in [2.24, 2.45) is 0 Å². The highest BCUT2D eigenvalue weighted by atomic mass is 32.2. The number of hydrogen-bond donors (Lipinski definition) is 1. The third-order valence-corrected chi connectivity index (χ3v) is 5.62. The maximum absolute atomic E-state index is 12.5. The molecule has 0 aliphatic rings. The van der Waals surface area contributed by atoms with E-state index in [0.717, 1.165) is 21.6 Å². The van der Waals surface area contributed by atoms with Crippen molar-refractivity contribution < 1.29 is 14.3 Å². The highest BCUT2D eigenvalue weighted by Gasteiger charge is 2.17. The van der Waals surface area contributed by atoms with Gasteiger partial charge in [-0.3, -0.25) is 4.79 Å². The van der Waals surface area contributed by atoms with E-state index in [0.29, 0.717) is 10.6 Å². The van der Waals surface area contributed by atoms with E-state index < -0.39 is 5.97 Å². The number of nitrogens with one attached hydrogen (secondary N) is 1. The molecule has 3 aromatic rings. The molecule has 1 heterocycles. The number of para-hydroxylation sites is 1. The first kappa shape index (κ1) is 19.2. The van der Waals surface area contributed by atoms with Gasteiger partial charge < -0.3 is 10.1 Å². The molecule has 0 bridgehead atoms. The van der Waals surface area contributed by atoms with Gasteiger partial charge in [0.25, 0.3) is 5.91 Å². The summed E-state index contributed by atoms with van der Waals surface area (Å²) in [5.41, 5.74) is 3.63. The van der Waals surface area contributed by atoms with Crippen LogP contribution in [-0.2, 0) is 9.53 Å². The smallest absolute Gasteiger partial charge is 0.349 e. The number of carbonyl (C=O) groups excluding carboxylic acids is 2. The van der Waals surface area contributed by atoms with Crippen LogP contribution in [0.5, 0.6) is 0 Å². The Balaban J connectivity index is 1.64. The van der Waals surface area contributed by atoms with Gasteiger partial charge in [0.15, 0.2) is 6.61 Å². The minimum atomic E-state index is -0.492. The molecule has 1 N–H and O–H groups in total. The van der Waals surface area contributed by atoms with E-state index >= 15 is 0 Å². The van der Waals surface area contributed by atoms with Crippen LogP contribution < -0.4 is 5.32 Å². The van der Waals surface area contributed by atoms with Crippen LogP contribution in [0.2, 0.25) is 0 Å². The Labute approximate surface area is 166 Å². The van der Waals surface area contributed by atoms with Crippen LogP contribution in [0, 0.1) is 6.92 Å². The average Bonchev–Trinajstić information content (AvgIpc) is 3.17. The molecular formula is C21H19NO3S2.